The summed E-state index contributed by atoms with van der Waals surface area (Å²) in [6.45, 7) is 10.4. The number of rotatable bonds is 2. The molecular weight excluding hydrogens is 120 g/mol. The van der Waals surface area contributed by atoms with Crippen molar-refractivity contribution in [1.82, 2.24) is 0 Å². The molecular formula is C10H16. The van der Waals surface area contributed by atoms with Gasteiger partial charge in [0.2, 0.25) is 0 Å². The zero-order valence-corrected chi connectivity index (χ0v) is 7.15. The Kier molecular flexibility index (Phi) is 1.98. The van der Waals surface area contributed by atoms with Crippen molar-refractivity contribution < 1.29 is 0 Å². The van der Waals surface area contributed by atoms with E-state index in [2.05, 4.69) is 33.4 Å². The van der Waals surface area contributed by atoms with Crippen LogP contribution in [0.2, 0.25) is 0 Å². The molecule has 1 rings (SSSR count). The molecule has 2 atom stereocenters. The highest BCUT2D eigenvalue weighted by molar-refractivity contribution is 5.17. The summed E-state index contributed by atoms with van der Waals surface area (Å²) in [5, 5.41) is 0. The van der Waals surface area contributed by atoms with Crippen LogP contribution in [0.3, 0.4) is 0 Å². The lowest BCUT2D eigenvalue weighted by Gasteiger charge is -1.92. The summed E-state index contributed by atoms with van der Waals surface area (Å²) >= 11 is 0. The van der Waals surface area contributed by atoms with E-state index in [1.165, 1.54) is 17.6 Å². The largest absolute Gasteiger partial charge is 0.0998 e. The smallest absolute Gasteiger partial charge is 0.0140 e. The molecule has 0 saturated heterocycles. The molecule has 0 heterocycles. The zero-order valence-electron chi connectivity index (χ0n) is 7.15. The van der Waals surface area contributed by atoms with E-state index in [-0.39, 0.29) is 0 Å². The highest BCUT2D eigenvalue weighted by Gasteiger charge is 2.34. The van der Waals surface area contributed by atoms with Gasteiger partial charge in [-0.15, -0.1) is 0 Å². The van der Waals surface area contributed by atoms with Crippen LogP contribution in [0, 0.1) is 11.8 Å². The van der Waals surface area contributed by atoms with Gasteiger partial charge in [0.05, 0.1) is 0 Å². The van der Waals surface area contributed by atoms with Gasteiger partial charge in [0.25, 0.3) is 0 Å². The average molecular weight is 136 g/mol. The monoisotopic (exact) mass is 136 g/mol. The van der Waals surface area contributed by atoms with Crippen molar-refractivity contribution in [2.75, 3.05) is 0 Å². The van der Waals surface area contributed by atoms with E-state index in [1.54, 1.807) is 0 Å². The van der Waals surface area contributed by atoms with E-state index in [9.17, 15) is 0 Å². The Balaban J connectivity index is 2.40. The van der Waals surface area contributed by atoms with Crippen molar-refractivity contribution in [1.29, 1.82) is 0 Å². The highest BCUT2D eigenvalue weighted by Crippen LogP contribution is 2.44. The summed E-state index contributed by atoms with van der Waals surface area (Å²) in [5.74, 6) is 1.62. The topological polar surface area (TPSA) is 0 Å². The van der Waals surface area contributed by atoms with E-state index in [4.69, 9.17) is 0 Å². The second-order valence-corrected chi connectivity index (χ2v) is 3.60. The van der Waals surface area contributed by atoms with Gasteiger partial charge in [-0.1, -0.05) is 23.8 Å². The van der Waals surface area contributed by atoms with Crippen LogP contribution in [0.15, 0.2) is 23.8 Å². The van der Waals surface area contributed by atoms with Crippen molar-refractivity contribution in [3.63, 3.8) is 0 Å². The van der Waals surface area contributed by atoms with Gasteiger partial charge in [0, 0.05) is 0 Å². The molecule has 1 aliphatic rings. The lowest BCUT2D eigenvalue weighted by molar-refractivity contribution is 0.921. The summed E-state index contributed by atoms with van der Waals surface area (Å²) in [7, 11) is 0. The first-order valence-electron chi connectivity index (χ1n) is 3.91. The van der Waals surface area contributed by atoms with Gasteiger partial charge >= 0.3 is 0 Å². The van der Waals surface area contributed by atoms with Crippen molar-refractivity contribution >= 4 is 0 Å². The van der Waals surface area contributed by atoms with Crippen molar-refractivity contribution in [2.45, 2.75) is 27.2 Å². The highest BCUT2D eigenvalue weighted by atomic mass is 14.4. The van der Waals surface area contributed by atoms with Gasteiger partial charge in [0.15, 0.2) is 0 Å². The molecule has 1 saturated carbocycles. The summed E-state index contributed by atoms with van der Waals surface area (Å²) in [6.07, 6.45) is 3.69. The molecule has 0 unspecified atom stereocenters. The Morgan fingerprint density at radius 2 is 2.00 bits per heavy atom. The summed E-state index contributed by atoms with van der Waals surface area (Å²) in [5.41, 5.74) is 2.79. The van der Waals surface area contributed by atoms with E-state index in [0.717, 1.165) is 11.8 Å². The van der Waals surface area contributed by atoms with Crippen LogP contribution in [0.4, 0.5) is 0 Å². The Bertz CT molecular complexity index is 170. The molecule has 56 valence electrons. The van der Waals surface area contributed by atoms with Crippen molar-refractivity contribution in [3.8, 4) is 0 Å². The minimum atomic E-state index is 0.801. The average Bonchev–Trinajstić information content (AvgIpc) is 2.43. The van der Waals surface area contributed by atoms with E-state index in [1.807, 2.05) is 0 Å². The Morgan fingerprint density at radius 3 is 2.30 bits per heavy atom. The van der Waals surface area contributed by atoms with Crippen LogP contribution in [-0.2, 0) is 0 Å². The van der Waals surface area contributed by atoms with Gasteiger partial charge in [-0.3, -0.25) is 0 Å². The van der Waals surface area contributed by atoms with Crippen molar-refractivity contribution in [3.05, 3.63) is 23.8 Å². The maximum absolute atomic E-state index is 3.95. The minimum absolute atomic E-state index is 0.801. The van der Waals surface area contributed by atoms with Crippen LogP contribution < -0.4 is 0 Å². The predicted molar refractivity (Wildman–Crippen MR) is 45.8 cm³/mol. The first-order chi connectivity index (χ1) is 4.61. The molecule has 0 amide bonds. The maximum atomic E-state index is 3.95. The molecule has 0 N–H and O–H groups in total. The molecule has 10 heavy (non-hydrogen) atoms. The fraction of sp³-hybridized carbons (Fsp3) is 0.600. The van der Waals surface area contributed by atoms with E-state index in [0.29, 0.717) is 0 Å². The fourth-order valence-electron chi connectivity index (χ4n) is 1.39. The summed E-state index contributed by atoms with van der Waals surface area (Å²) in [6, 6.07) is 0. The van der Waals surface area contributed by atoms with Gasteiger partial charge in [-0.05, 0) is 39.0 Å². The van der Waals surface area contributed by atoms with Gasteiger partial charge in [0.1, 0.15) is 0 Å². The molecule has 0 aromatic heterocycles. The minimum Gasteiger partial charge on any atom is -0.0998 e. The zero-order chi connectivity index (χ0) is 7.72. The predicted octanol–water partition coefficient (Wildman–Crippen LogP) is 3.16. The normalized spacial score (nSPS) is 29.5. The first-order valence-corrected chi connectivity index (χ1v) is 3.91. The van der Waals surface area contributed by atoms with Crippen LogP contribution >= 0.6 is 0 Å². The Labute approximate surface area is 63.6 Å². The van der Waals surface area contributed by atoms with Gasteiger partial charge in [-0.25, -0.2) is 0 Å². The molecule has 0 aliphatic heterocycles. The van der Waals surface area contributed by atoms with Crippen molar-refractivity contribution in [2.24, 2.45) is 11.8 Å². The van der Waals surface area contributed by atoms with Crippen LogP contribution in [0.25, 0.3) is 0 Å². The number of hydrogen-bond acceptors (Lipinski definition) is 0. The van der Waals surface area contributed by atoms with Gasteiger partial charge in [-0.2, -0.15) is 0 Å². The molecule has 0 aromatic carbocycles. The van der Waals surface area contributed by atoms with Crippen LogP contribution in [-0.4, -0.2) is 0 Å². The van der Waals surface area contributed by atoms with E-state index < -0.39 is 0 Å². The Morgan fingerprint density at radius 1 is 1.40 bits per heavy atom. The maximum Gasteiger partial charge on any atom is -0.0140 e. The summed E-state index contributed by atoms with van der Waals surface area (Å²) in [4.78, 5) is 0. The molecule has 1 aliphatic carbocycles. The number of allylic oxidation sites excluding steroid dienone is 3. The molecule has 0 radical (unpaired) electrons. The number of hydrogen-bond donors (Lipinski definition) is 0. The van der Waals surface area contributed by atoms with Gasteiger partial charge < -0.3 is 0 Å². The second kappa shape index (κ2) is 2.61. The lowest BCUT2D eigenvalue weighted by atomic mass is 10.1. The fourth-order valence-corrected chi connectivity index (χ4v) is 1.39. The van der Waals surface area contributed by atoms with Crippen LogP contribution in [0.1, 0.15) is 27.2 Å². The molecule has 0 aromatic rings. The standard InChI is InChI=1S/C10H16/c1-7(2)5-9-6-10(9)8(3)4/h5,9-10H,3,6H2,1-2,4H3/t9-,10+/m0/s1. The first kappa shape index (κ1) is 7.59. The molecule has 1 fully saturated rings. The molecule has 0 heteroatoms. The third-order valence-corrected chi connectivity index (χ3v) is 2.02. The molecule has 0 bridgehead atoms. The third kappa shape index (κ3) is 1.73. The summed E-state index contributed by atoms with van der Waals surface area (Å²) < 4.78 is 0. The quantitative estimate of drug-likeness (QED) is 0.511. The SMILES string of the molecule is C=C(C)[C@H]1C[C@@H]1C=C(C)C. The second-order valence-electron chi connectivity index (χ2n) is 3.60. The third-order valence-electron chi connectivity index (χ3n) is 2.02. The lowest BCUT2D eigenvalue weighted by Crippen LogP contribution is -1.79. The van der Waals surface area contributed by atoms with Crippen LogP contribution in [0.5, 0.6) is 0 Å². The molecule has 0 nitrogen and oxygen atoms in total. The molecule has 0 spiro atoms. The van der Waals surface area contributed by atoms with E-state index >= 15 is 0 Å². The Hall–Kier alpha value is -0.520.